The standard InChI is InChI=1S/C15H15N5O2/c1-11-18-20(15(22)13-5-3-7-19(11)13)10-14(21)17-9-12-4-2-6-16-8-12/h2-8H,9-10H2,1H3,(H,17,21). The van der Waals surface area contributed by atoms with E-state index in [1.54, 1.807) is 48.1 Å². The minimum Gasteiger partial charge on any atom is -0.350 e. The van der Waals surface area contributed by atoms with Gasteiger partial charge >= 0.3 is 0 Å². The fraction of sp³-hybridized carbons (Fsp3) is 0.200. The zero-order valence-electron chi connectivity index (χ0n) is 12.1. The molecule has 3 heterocycles. The van der Waals surface area contributed by atoms with E-state index < -0.39 is 0 Å². The molecule has 22 heavy (non-hydrogen) atoms. The Morgan fingerprint density at radius 3 is 2.95 bits per heavy atom. The highest BCUT2D eigenvalue weighted by Gasteiger charge is 2.10. The first-order chi connectivity index (χ1) is 10.6. The van der Waals surface area contributed by atoms with Crippen LogP contribution in [0.3, 0.4) is 0 Å². The minimum atomic E-state index is -0.285. The molecular weight excluding hydrogens is 282 g/mol. The number of hydrogen-bond donors (Lipinski definition) is 1. The van der Waals surface area contributed by atoms with Crippen molar-refractivity contribution in [2.45, 2.75) is 20.0 Å². The summed E-state index contributed by atoms with van der Waals surface area (Å²) in [6.45, 7) is 2.05. The molecule has 0 aliphatic carbocycles. The van der Waals surface area contributed by atoms with Crippen LogP contribution in [0.15, 0.2) is 47.7 Å². The second-order valence-corrected chi connectivity index (χ2v) is 4.91. The van der Waals surface area contributed by atoms with Gasteiger partial charge in [-0.1, -0.05) is 6.07 Å². The summed E-state index contributed by atoms with van der Waals surface area (Å²) in [6, 6.07) is 7.16. The second kappa shape index (κ2) is 5.80. The van der Waals surface area contributed by atoms with Crippen molar-refractivity contribution in [1.82, 2.24) is 24.5 Å². The monoisotopic (exact) mass is 297 g/mol. The number of pyridine rings is 1. The third kappa shape index (κ3) is 2.73. The zero-order valence-corrected chi connectivity index (χ0v) is 12.1. The van der Waals surface area contributed by atoms with Gasteiger partial charge in [0.2, 0.25) is 5.91 Å². The largest absolute Gasteiger partial charge is 0.350 e. The van der Waals surface area contributed by atoms with E-state index in [-0.39, 0.29) is 18.0 Å². The van der Waals surface area contributed by atoms with E-state index >= 15 is 0 Å². The summed E-state index contributed by atoms with van der Waals surface area (Å²) in [5.74, 6) is 0.383. The molecule has 3 rings (SSSR count). The minimum absolute atomic E-state index is 0.110. The van der Waals surface area contributed by atoms with E-state index in [2.05, 4.69) is 15.4 Å². The van der Waals surface area contributed by atoms with E-state index in [9.17, 15) is 9.59 Å². The lowest BCUT2D eigenvalue weighted by atomic mass is 10.3. The van der Waals surface area contributed by atoms with E-state index in [4.69, 9.17) is 0 Å². The normalized spacial score (nSPS) is 10.8. The van der Waals surface area contributed by atoms with Crippen molar-refractivity contribution in [3.8, 4) is 0 Å². The highest BCUT2D eigenvalue weighted by Crippen LogP contribution is 2.00. The Hall–Kier alpha value is -2.96. The number of rotatable bonds is 4. The molecule has 0 aliphatic rings. The number of amides is 1. The van der Waals surface area contributed by atoms with Crippen molar-refractivity contribution in [2.75, 3.05) is 0 Å². The van der Waals surface area contributed by atoms with Crippen molar-refractivity contribution >= 4 is 11.4 Å². The van der Waals surface area contributed by atoms with Gasteiger partial charge in [-0.05, 0) is 30.7 Å². The maximum absolute atomic E-state index is 12.2. The molecule has 1 amide bonds. The molecule has 0 saturated heterocycles. The van der Waals surface area contributed by atoms with Gasteiger partial charge in [0.25, 0.3) is 5.56 Å². The van der Waals surface area contributed by atoms with Crippen LogP contribution in [0.1, 0.15) is 11.4 Å². The summed E-state index contributed by atoms with van der Waals surface area (Å²) in [5.41, 5.74) is 1.12. The molecule has 3 aromatic heterocycles. The molecule has 7 heteroatoms. The van der Waals surface area contributed by atoms with Gasteiger partial charge in [-0.15, -0.1) is 0 Å². The summed E-state index contributed by atoms with van der Waals surface area (Å²) in [6.07, 6.45) is 5.12. The molecule has 0 unspecified atom stereocenters. The van der Waals surface area contributed by atoms with Crippen molar-refractivity contribution < 1.29 is 4.79 Å². The number of hydrogen-bond acceptors (Lipinski definition) is 4. The summed E-state index contributed by atoms with van der Waals surface area (Å²) < 4.78 is 2.88. The molecular formula is C15H15N5O2. The summed E-state index contributed by atoms with van der Waals surface area (Å²) >= 11 is 0. The summed E-state index contributed by atoms with van der Waals surface area (Å²) in [7, 11) is 0. The maximum Gasteiger partial charge on any atom is 0.291 e. The lowest BCUT2D eigenvalue weighted by Crippen LogP contribution is -2.34. The van der Waals surface area contributed by atoms with Gasteiger partial charge in [-0.25, -0.2) is 4.68 Å². The first kappa shape index (κ1) is 14.0. The van der Waals surface area contributed by atoms with Crippen molar-refractivity contribution in [3.63, 3.8) is 0 Å². The van der Waals surface area contributed by atoms with Gasteiger partial charge in [0.15, 0.2) is 0 Å². The number of nitrogens with zero attached hydrogens (tertiary/aromatic N) is 4. The Labute approximate surface area is 126 Å². The molecule has 0 saturated carbocycles. The molecule has 3 aromatic rings. The first-order valence-corrected chi connectivity index (χ1v) is 6.85. The van der Waals surface area contributed by atoms with Crippen LogP contribution >= 0.6 is 0 Å². The number of carbonyl (C=O) groups excluding carboxylic acids is 1. The Morgan fingerprint density at radius 2 is 2.18 bits per heavy atom. The quantitative estimate of drug-likeness (QED) is 0.761. The van der Waals surface area contributed by atoms with Crippen LogP contribution in [0, 0.1) is 6.92 Å². The average molecular weight is 297 g/mol. The molecule has 0 atom stereocenters. The SMILES string of the molecule is Cc1nn(CC(=O)NCc2cccnc2)c(=O)c2cccn12. The first-order valence-electron chi connectivity index (χ1n) is 6.85. The van der Waals surface area contributed by atoms with Crippen molar-refractivity contribution in [2.24, 2.45) is 0 Å². The summed E-state index contributed by atoms with van der Waals surface area (Å²) in [4.78, 5) is 28.2. The predicted octanol–water partition coefficient (Wildman–Crippen LogP) is 0.516. The van der Waals surface area contributed by atoms with Crippen molar-refractivity contribution in [1.29, 1.82) is 0 Å². The molecule has 112 valence electrons. The fourth-order valence-corrected chi connectivity index (χ4v) is 2.24. The fourth-order valence-electron chi connectivity index (χ4n) is 2.24. The van der Waals surface area contributed by atoms with Crippen molar-refractivity contribution in [3.05, 3.63) is 64.6 Å². The van der Waals surface area contributed by atoms with E-state index in [0.29, 0.717) is 17.9 Å². The Morgan fingerprint density at radius 1 is 1.32 bits per heavy atom. The van der Waals surface area contributed by atoms with Crippen LogP contribution in [0.25, 0.3) is 5.52 Å². The van der Waals surface area contributed by atoms with Crippen LogP contribution in [-0.4, -0.2) is 25.1 Å². The molecule has 7 nitrogen and oxygen atoms in total. The predicted molar refractivity (Wildman–Crippen MR) is 80.3 cm³/mol. The van der Waals surface area contributed by atoms with Crippen LogP contribution in [0.2, 0.25) is 0 Å². The third-order valence-electron chi connectivity index (χ3n) is 3.32. The second-order valence-electron chi connectivity index (χ2n) is 4.91. The smallest absolute Gasteiger partial charge is 0.291 e. The van der Waals surface area contributed by atoms with Gasteiger partial charge < -0.3 is 5.32 Å². The number of aryl methyl sites for hydroxylation is 1. The van der Waals surface area contributed by atoms with E-state index in [1.807, 2.05) is 6.07 Å². The molecule has 0 aromatic carbocycles. The number of aromatic nitrogens is 4. The maximum atomic E-state index is 12.2. The lowest BCUT2D eigenvalue weighted by molar-refractivity contribution is -0.122. The Kier molecular flexibility index (Phi) is 3.69. The van der Waals surface area contributed by atoms with Crippen LogP contribution in [0.5, 0.6) is 0 Å². The third-order valence-corrected chi connectivity index (χ3v) is 3.32. The van der Waals surface area contributed by atoms with Gasteiger partial charge in [-0.2, -0.15) is 5.10 Å². The Balaban J connectivity index is 1.74. The topological polar surface area (TPSA) is 81.3 Å². The highest BCUT2D eigenvalue weighted by atomic mass is 16.2. The summed E-state index contributed by atoms with van der Waals surface area (Å²) in [5, 5.41) is 6.91. The molecule has 0 spiro atoms. The Bertz CT molecular complexity index is 867. The van der Waals surface area contributed by atoms with E-state index in [1.165, 1.54) is 4.68 Å². The zero-order chi connectivity index (χ0) is 15.5. The number of carbonyl (C=O) groups is 1. The molecule has 0 bridgehead atoms. The molecule has 1 N–H and O–H groups in total. The van der Waals surface area contributed by atoms with E-state index in [0.717, 1.165) is 5.56 Å². The number of fused-ring (bicyclic) bond motifs is 1. The van der Waals surface area contributed by atoms with Gasteiger partial charge in [0, 0.05) is 25.1 Å². The van der Waals surface area contributed by atoms with Gasteiger partial charge in [0.1, 0.15) is 17.9 Å². The number of nitrogens with one attached hydrogen (secondary N) is 1. The van der Waals surface area contributed by atoms with Crippen LogP contribution in [0.4, 0.5) is 0 Å². The lowest BCUT2D eigenvalue weighted by Gasteiger charge is -2.08. The molecule has 0 fully saturated rings. The van der Waals surface area contributed by atoms with Gasteiger partial charge in [0.05, 0.1) is 0 Å². The molecule has 0 aliphatic heterocycles. The van der Waals surface area contributed by atoms with Crippen LogP contribution in [-0.2, 0) is 17.9 Å². The highest BCUT2D eigenvalue weighted by molar-refractivity contribution is 5.75. The average Bonchev–Trinajstić information content (AvgIpc) is 3.02. The molecule has 0 radical (unpaired) electrons. The van der Waals surface area contributed by atoms with Gasteiger partial charge in [-0.3, -0.25) is 19.0 Å². The van der Waals surface area contributed by atoms with Crippen LogP contribution < -0.4 is 10.9 Å².